The standard InChI is InChI=1S/C12H21N3O2/c1-4-5-7-15(2)10-11(9-13)12(16)14-6-8-17-3/h10H,4-8H2,1-3H3,(H,14,16)/b11-10-. The second-order valence-electron chi connectivity index (χ2n) is 3.74. The molecule has 0 spiro atoms. The van der Waals surface area contributed by atoms with Crippen molar-refractivity contribution < 1.29 is 9.53 Å². The average Bonchev–Trinajstić information content (AvgIpc) is 2.33. The van der Waals surface area contributed by atoms with Crippen LogP contribution in [0.5, 0.6) is 0 Å². The molecule has 0 unspecified atom stereocenters. The molecule has 0 aliphatic carbocycles. The molecular formula is C12H21N3O2. The Hall–Kier alpha value is -1.54. The van der Waals surface area contributed by atoms with Crippen molar-refractivity contribution in [3.05, 3.63) is 11.8 Å². The highest BCUT2D eigenvalue weighted by Crippen LogP contribution is 1.98. The molecule has 0 rings (SSSR count). The maximum absolute atomic E-state index is 11.6. The molecule has 17 heavy (non-hydrogen) atoms. The van der Waals surface area contributed by atoms with Crippen LogP contribution in [0.3, 0.4) is 0 Å². The largest absolute Gasteiger partial charge is 0.383 e. The number of carbonyl (C=O) groups is 1. The van der Waals surface area contributed by atoms with Gasteiger partial charge in [0.2, 0.25) is 0 Å². The lowest BCUT2D eigenvalue weighted by molar-refractivity contribution is -0.117. The number of ether oxygens (including phenoxy) is 1. The van der Waals surface area contributed by atoms with Crippen molar-refractivity contribution in [2.45, 2.75) is 19.8 Å². The molecular weight excluding hydrogens is 218 g/mol. The van der Waals surface area contributed by atoms with Gasteiger partial charge in [0.25, 0.3) is 5.91 Å². The Morgan fingerprint density at radius 3 is 2.82 bits per heavy atom. The van der Waals surface area contributed by atoms with Crippen LogP contribution < -0.4 is 5.32 Å². The van der Waals surface area contributed by atoms with E-state index in [1.165, 1.54) is 0 Å². The summed E-state index contributed by atoms with van der Waals surface area (Å²) in [6.07, 6.45) is 3.70. The fourth-order valence-corrected chi connectivity index (χ4v) is 1.19. The van der Waals surface area contributed by atoms with Gasteiger partial charge in [-0.3, -0.25) is 4.79 Å². The second kappa shape index (κ2) is 9.67. The zero-order chi connectivity index (χ0) is 13.1. The first-order chi connectivity index (χ1) is 8.15. The fraction of sp³-hybridized carbons (Fsp3) is 0.667. The van der Waals surface area contributed by atoms with E-state index in [4.69, 9.17) is 10.00 Å². The van der Waals surface area contributed by atoms with Crippen LogP contribution in [0, 0.1) is 11.3 Å². The molecule has 5 nitrogen and oxygen atoms in total. The van der Waals surface area contributed by atoms with Gasteiger partial charge in [-0.05, 0) is 6.42 Å². The normalized spacial score (nSPS) is 10.8. The number of methoxy groups -OCH3 is 1. The SMILES string of the molecule is CCCCN(C)/C=C(/C#N)C(=O)NCCOC. The highest BCUT2D eigenvalue weighted by molar-refractivity contribution is 5.97. The van der Waals surface area contributed by atoms with Gasteiger partial charge in [-0.1, -0.05) is 13.3 Å². The number of hydrogen-bond donors (Lipinski definition) is 1. The van der Waals surface area contributed by atoms with Gasteiger partial charge in [-0.2, -0.15) is 5.26 Å². The molecule has 96 valence electrons. The smallest absolute Gasteiger partial charge is 0.263 e. The first kappa shape index (κ1) is 15.5. The van der Waals surface area contributed by atoms with Crippen molar-refractivity contribution in [2.24, 2.45) is 0 Å². The molecule has 0 aromatic heterocycles. The molecule has 0 bridgehead atoms. The molecule has 0 atom stereocenters. The lowest BCUT2D eigenvalue weighted by Crippen LogP contribution is -2.29. The van der Waals surface area contributed by atoms with Crippen molar-refractivity contribution >= 4 is 5.91 Å². The molecule has 0 aromatic carbocycles. The van der Waals surface area contributed by atoms with Crippen LogP contribution in [-0.2, 0) is 9.53 Å². The topological polar surface area (TPSA) is 65.4 Å². The highest BCUT2D eigenvalue weighted by Gasteiger charge is 2.08. The quantitative estimate of drug-likeness (QED) is 0.388. The van der Waals surface area contributed by atoms with Gasteiger partial charge in [-0.25, -0.2) is 0 Å². The maximum atomic E-state index is 11.6. The summed E-state index contributed by atoms with van der Waals surface area (Å²) in [5, 5.41) is 11.5. The highest BCUT2D eigenvalue weighted by atomic mass is 16.5. The zero-order valence-corrected chi connectivity index (χ0v) is 10.8. The number of nitriles is 1. The molecule has 1 N–H and O–H groups in total. The first-order valence-corrected chi connectivity index (χ1v) is 5.75. The predicted molar refractivity (Wildman–Crippen MR) is 66.1 cm³/mol. The van der Waals surface area contributed by atoms with Crippen LogP contribution in [0.2, 0.25) is 0 Å². The third-order valence-electron chi connectivity index (χ3n) is 2.17. The van der Waals surface area contributed by atoms with Gasteiger partial charge in [0.05, 0.1) is 6.61 Å². The summed E-state index contributed by atoms with van der Waals surface area (Å²) in [5.41, 5.74) is 0.125. The van der Waals surface area contributed by atoms with E-state index in [1.807, 2.05) is 18.0 Å². The van der Waals surface area contributed by atoms with E-state index in [0.717, 1.165) is 19.4 Å². The van der Waals surface area contributed by atoms with Crippen LogP contribution in [0.4, 0.5) is 0 Å². The number of unbranched alkanes of at least 4 members (excludes halogenated alkanes) is 1. The van der Waals surface area contributed by atoms with E-state index in [2.05, 4.69) is 12.2 Å². The number of amides is 1. The summed E-state index contributed by atoms with van der Waals surface area (Å²) in [6, 6.07) is 1.90. The number of nitrogens with one attached hydrogen (secondary N) is 1. The van der Waals surface area contributed by atoms with Crippen LogP contribution in [0.25, 0.3) is 0 Å². The summed E-state index contributed by atoms with van der Waals surface area (Å²) in [6.45, 7) is 3.79. The number of rotatable bonds is 8. The Labute approximate surface area is 103 Å². The molecule has 0 aromatic rings. The Morgan fingerprint density at radius 1 is 1.59 bits per heavy atom. The van der Waals surface area contributed by atoms with E-state index in [1.54, 1.807) is 13.3 Å². The van der Waals surface area contributed by atoms with Crippen molar-refractivity contribution in [3.8, 4) is 6.07 Å². The fourth-order valence-electron chi connectivity index (χ4n) is 1.19. The van der Waals surface area contributed by atoms with E-state index in [-0.39, 0.29) is 11.5 Å². The average molecular weight is 239 g/mol. The Balaban J connectivity index is 4.24. The molecule has 0 radical (unpaired) electrons. The monoisotopic (exact) mass is 239 g/mol. The van der Waals surface area contributed by atoms with E-state index < -0.39 is 0 Å². The van der Waals surface area contributed by atoms with Gasteiger partial charge in [0, 0.05) is 33.4 Å². The summed E-state index contributed by atoms with van der Waals surface area (Å²) in [4.78, 5) is 13.4. The summed E-state index contributed by atoms with van der Waals surface area (Å²) >= 11 is 0. The number of nitrogens with zero attached hydrogens (tertiary/aromatic N) is 2. The maximum Gasteiger partial charge on any atom is 0.263 e. The third-order valence-corrected chi connectivity index (χ3v) is 2.17. The Kier molecular flexibility index (Phi) is 8.79. The minimum atomic E-state index is -0.354. The number of hydrogen-bond acceptors (Lipinski definition) is 4. The number of carbonyl (C=O) groups excluding carboxylic acids is 1. The summed E-state index contributed by atoms with van der Waals surface area (Å²) in [5.74, 6) is -0.354. The lowest BCUT2D eigenvalue weighted by Gasteiger charge is -2.13. The molecule has 0 fully saturated rings. The van der Waals surface area contributed by atoms with Crippen LogP contribution in [0.15, 0.2) is 11.8 Å². The molecule has 0 aliphatic heterocycles. The zero-order valence-electron chi connectivity index (χ0n) is 10.8. The van der Waals surface area contributed by atoms with Gasteiger partial charge in [0.1, 0.15) is 11.6 Å². The van der Waals surface area contributed by atoms with Gasteiger partial charge in [0.15, 0.2) is 0 Å². The molecule has 0 saturated carbocycles. The van der Waals surface area contributed by atoms with E-state index in [9.17, 15) is 4.79 Å². The Bertz CT molecular complexity index is 295. The van der Waals surface area contributed by atoms with Crippen LogP contribution in [-0.4, -0.2) is 44.7 Å². The molecule has 5 heteroatoms. The third kappa shape index (κ3) is 7.36. The minimum Gasteiger partial charge on any atom is -0.383 e. The van der Waals surface area contributed by atoms with Gasteiger partial charge in [-0.15, -0.1) is 0 Å². The van der Waals surface area contributed by atoms with Crippen molar-refractivity contribution in [3.63, 3.8) is 0 Å². The van der Waals surface area contributed by atoms with Gasteiger partial charge < -0.3 is 15.0 Å². The molecule has 1 amide bonds. The summed E-state index contributed by atoms with van der Waals surface area (Å²) in [7, 11) is 3.42. The van der Waals surface area contributed by atoms with Crippen LogP contribution in [0.1, 0.15) is 19.8 Å². The predicted octanol–water partition coefficient (Wildman–Crippen LogP) is 0.888. The minimum absolute atomic E-state index is 0.125. The van der Waals surface area contributed by atoms with Crippen molar-refractivity contribution in [2.75, 3.05) is 33.9 Å². The van der Waals surface area contributed by atoms with E-state index >= 15 is 0 Å². The first-order valence-electron chi connectivity index (χ1n) is 5.75. The van der Waals surface area contributed by atoms with Gasteiger partial charge >= 0.3 is 0 Å². The van der Waals surface area contributed by atoms with E-state index in [0.29, 0.717) is 13.2 Å². The lowest BCUT2D eigenvalue weighted by atomic mass is 10.2. The van der Waals surface area contributed by atoms with Crippen LogP contribution >= 0.6 is 0 Å². The Morgan fingerprint density at radius 2 is 2.29 bits per heavy atom. The molecule has 0 saturated heterocycles. The second-order valence-corrected chi connectivity index (χ2v) is 3.74. The van der Waals surface area contributed by atoms with Crippen molar-refractivity contribution in [1.29, 1.82) is 5.26 Å². The molecule has 0 aliphatic rings. The van der Waals surface area contributed by atoms with Crippen molar-refractivity contribution in [1.82, 2.24) is 10.2 Å². The summed E-state index contributed by atoms with van der Waals surface area (Å²) < 4.78 is 4.81. The molecule has 0 heterocycles.